The molecule has 12 nitrogen and oxygen atoms in total. The fraction of sp³-hybridized carbons (Fsp3) is 0.667. The van der Waals surface area contributed by atoms with E-state index in [0.29, 0.717) is 5.56 Å². The van der Waals surface area contributed by atoms with Crippen LogP contribution >= 0.6 is 0 Å². The molecule has 0 heterocycles. The molecular weight excluding hydrogens is 550 g/mol. The topological polar surface area (TPSA) is 170 Å². The lowest BCUT2D eigenvalue weighted by Gasteiger charge is -2.26. The summed E-state index contributed by atoms with van der Waals surface area (Å²) in [6.45, 7) is 17.9. The first-order valence-electron chi connectivity index (χ1n) is 14.2. The molecule has 0 aliphatic heterocycles. The van der Waals surface area contributed by atoms with Gasteiger partial charge in [0, 0.05) is 5.92 Å². The zero-order valence-electron chi connectivity index (χ0n) is 26.2. The summed E-state index contributed by atoms with van der Waals surface area (Å²) in [5.74, 6) is -2.50. The third-order valence-electron chi connectivity index (χ3n) is 7.05. The van der Waals surface area contributed by atoms with E-state index in [0.717, 1.165) is 0 Å². The van der Waals surface area contributed by atoms with Crippen molar-refractivity contribution in [2.24, 2.45) is 23.5 Å². The molecule has 1 aromatic rings. The summed E-state index contributed by atoms with van der Waals surface area (Å²) in [6, 6.07) is 2.71. The van der Waals surface area contributed by atoms with Crippen molar-refractivity contribution in [1.29, 1.82) is 0 Å². The number of rotatable bonds is 14. The van der Waals surface area contributed by atoms with E-state index >= 15 is 0 Å². The Morgan fingerprint density at radius 1 is 0.667 bits per heavy atom. The number of nitrogens with two attached hydrogens (primary N) is 1. The molecule has 0 aliphatic carbocycles. The molecule has 0 radical (unpaired) electrons. The summed E-state index contributed by atoms with van der Waals surface area (Å²) in [6.07, 6.45) is -5.10. The van der Waals surface area contributed by atoms with Crippen LogP contribution in [0.2, 0.25) is 0 Å². The summed E-state index contributed by atoms with van der Waals surface area (Å²) in [5, 5.41) is 9.71. The second-order valence-corrected chi connectivity index (χ2v) is 11.5. The molecule has 0 spiro atoms. The van der Waals surface area contributed by atoms with Crippen molar-refractivity contribution in [3.05, 3.63) is 23.8 Å². The van der Waals surface area contributed by atoms with E-state index in [1.165, 1.54) is 18.2 Å². The number of carbonyl (C=O) groups is 4. The summed E-state index contributed by atoms with van der Waals surface area (Å²) in [7, 11) is 0. The number of benzene rings is 1. The molecule has 0 aliphatic rings. The Labute approximate surface area is 248 Å². The maximum Gasteiger partial charge on any atom is 0.514 e. The number of ether oxygens (including phenoxy) is 6. The second kappa shape index (κ2) is 16.8. The molecule has 6 atom stereocenters. The minimum Gasteiger partial charge on any atom is -0.480 e. The molecule has 1 rings (SSSR count). The summed E-state index contributed by atoms with van der Waals surface area (Å²) < 4.78 is 31.9. The molecule has 3 N–H and O–H groups in total. The Kier molecular flexibility index (Phi) is 14.6. The van der Waals surface area contributed by atoms with Crippen molar-refractivity contribution in [3.63, 3.8) is 0 Å². The molecule has 238 valence electrons. The van der Waals surface area contributed by atoms with Gasteiger partial charge in [-0.05, 0) is 69.6 Å². The first kappa shape index (κ1) is 36.5. The van der Waals surface area contributed by atoms with Crippen LogP contribution in [0.4, 0.5) is 14.4 Å². The predicted molar refractivity (Wildman–Crippen MR) is 154 cm³/mol. The van der Waals surface area contributed by atoms with Gasteiger partial charge in [-0.2, -0.15) is 0 Å². The van der Waals surface area contributed by atoms with Crippen LogP contribution in [0.3, 0.4) is 0 Å². The Morgan fingerprint density at radius 3 is 1.52 bits per heavy atom. The molecule has 1 aromatic carbocycles. The first-order valence-corrected chi connectivity index (χ1v) is 14.2. The van der Waals surface area contributed by atoms with Gasteiger partial charge in [-0.1, -0.05) is 47.6 Å². The van der Waals surface area contributed by atoms with Crippen LogP contribution in [0.25, 0.3) is 0 Å². The minimum absolute atomic E-state index is 0.00162. The highest BCUT2D eigenvalue weighted by Crippen LogP contribution is 2.35. The van der Waals surface area contributed by atoms with E-state index in [1.54, 1.807) is 27.7 Å². The molecule has 0 aromatic heterocycles. The lowest BCUT2D eigenvalue weighted by atomic mass is 9.87. The monoisotopic (exact) mass is 597 g/mol. The van der Waals surface area contributed by atoms with Crippen molar-refractivity contribution in [3.8, 4) is 11.5 Å². The average Bonchev–Trinajstić information content (AvgIpc) is 2.87. The summed E-state index contributed by atoms with van der Waals surface area (Å²) in [5.41, 5.74) is 6.36. The fourth-order valence-corrected chi connectivity index (χ4v) is 3.27. The number of carbonyl (C=O) groups excluding carboxylic acids is 3. The Morgan fingerprint density at radius 2 is 1.10 bits per heavy atom. The van der Waals surface area contributed by atoms with Crippen LogP contribution in [0, 0.1) is 17.8 Å². The van der Waals surface area contributed by atoms with Gasteiger partial charge in [-0.3, -0.25) is 4.79 Å². The first-order chi connectivity index (χ1) is 19.4. The van der Waals surface area contributed by atoms with E-state index in [1.807, 2.05) is 41.5 Å². The molecule has 0 bridgehead atoms. The summed E-state index contributed by atoms with van der Waals surface area (Å²) >= 11 is 0. The maximum absolute atomic E-state index is 12.6. The Hall–Kier alpha value is -3.54. The maximum atomic E-state index is 12.6. The van der Waals surface area contributed by atoms with Crippen LogP contribution in [0.15, 0.2) is 18.2 Å². The highest BCUT2D eigenvalue weighted by atomic mass is 16.8. The predicted octanol–water partition coefficient (Wildman–Crippen LogP) is 6.28. The molecule has 5 unspecified atom stereocenters. The van der Waals surface area contributed by atoms with Crippen LogP contribution in [-0.2, 0) is 23.7 Å². The van der Waals surface area contributed by atoms with E-state index < -0.39 is 54.7 Å². The van der Waals surface area contributed by atoms with Crippen molar-refractivity contribution in [1.82, 2.24) is 0 Å². The molecule has 0 saturated carbocycles. The van der Waals surface area contributed by atoms with Gasteiger partial charge < -0.3 is 39.3 Å². The number of hydrogen-bond acceptors (Lipinski definition) is 11. The van der Waals surface area contributed by atoms with Gasteiger partial charge in [0.05, 0.1) is 0 Å². The Balaban J connectivity index is 3.35. The van der Waals surface area contributed by atoms with Crippen LogP contribution in [-0.4, -0.2) is 60.0 Å². The van der Waals surface area contributed by atoms with Gasteiger partial charge in [0.2, 0.25) is 0 Å². The van der Waals surface area contributed by atoms with E-state index in [9.17, 15) is 24.3 Å². The number of carboxylic acid groups (broad SMARTS) is 1. The Bertz CT molecular complexity index is 1060. The van der Waals surface area contributed by atoms with E-state index in [4.69, 9.17) is 34.2 Å². The lowest BCUT2D eigenvalue weighted by Crippen LogP contribution is -2.38. The summed E-state index contributed by atoms with van der Waals surface area (Å²) in [4.78, 5) is 49.2. The van der Waals surface area contributed by atoms with Crippen LogP contribution in [0.1, 0.15) is 87.1 Å². The number of carboxylic acids is 1. The van der Waals surface area contributed by atoms with Gasteiger partial charge in [0.15, 0.2) is 11.5 Å². The number of hydrogen-bond donors (Lipinski definition) is 2. The molecule has 0 saturated heterocycles. The average molecular weight is 598 g/mol. The molecule has 42 heavy (non-hydrogen) atoms. The zero-order chi connectivity index (χ0) is 32.3. The highest BCUT2D eigenvalue weighted by Gasteiger charge is 2.31. The van der Waals surface area contributed by atoms with E-state index in [2.05, 4.69) is 0 Å². The van der Waals surface area contributed by atoms with Gasteiger partial charge in [-0.15, -0.1) is 0 Å². The highest BCUT2D eigenvalue weighted by molar-refractivity contribution is 5.75. The van der Waals surface area contributed by atoms with Crippen LogP contribution < -0.4 is 15.2 Å². The molecule has 0 fully saturated rings. The quantitative estimate of drug-likeness (QED) is 0.140. The van der Waals surface area contributed by atoms with Gasteiger partial charge in [-0.25, -0.2) is 14.4 Å². The lowest BCUT2D eigenvalue weighted by molar-refractivity contribution is -0.139. The van der Waals surface area contributed by atoms with Crippen molar-refractivity contribution in [2.45, 2.75) is 112 Å². The smallest absolute Gasteiger partial charge is 0.480 e. The van der Waals surface area contributed by atoms with Crippen molar-refractivity contribution in [2.75, 3.05) is 0 Å². The largest absolute Gasteiger partial charge is 0.514 e. The van der Waals surface area contributed by atoms with Gasteiger partial charge in [0.1, 0.15) is 30.5 Å². The fourth-order valence-electron chi connectivity index (χ4n) is 3.27. The normalized spacial score (nSPS) is 15.7. The van der Waals surface area contributed by atoms with Gasteiger partial charge >= 0.3 is 24.4 Å². The molecular formula is C30H47NO11. The number of aliphatic carboxylic acids is 1. The third kappa shape index (κ3) is 12.1. The van der Waals surface area contributed by atoms with Gasteiger partial charge in [0.25, 0.3) is 0 Å². The third-order valence-corrected chi connectivity index (χ3v) is 7.05. The second-order valence-electron chi connectivity index (χ2n) is 11.5. The SMILES string of the molecule is CC(CC(c1ccc(OC(=O)OC(C)C(C)C)c(OC(=O)OC(C)C(C)C)c1)[C@H](N)C(=O)O)OC(=O)OC(C)C(C)C. The van der Waals surface area contributed by atoms with Crippen LogP contribution in [0.5, 0.6) is 11.5 Å². The van der Waals surface area contributed by atoms with Crippen molar-refractivity contribution >= 4 is 24.4 Å². The molecule has 12 heteroatoms. The minimum atomic E-state index is -1.42. The zero-order valence-corrected chi connectivity index (χ0v) is 26.2. The standard InChI is InChI=1S/C30H47NO11/c1-15(2)19(8)38-28(34)37-18(7)13-23(26(31)27(32)33)22-11-12-24(41-29(35)39-20(9)16(3)4)25(14-22)42-30(36)40-21(10)17(5)6/h11-12,14-21,23,26H,13,31H2,1-10H3,(H,32,33)/t18?,19?,20?,21?,23?,26-/m0/s1. The van der Waals surface area contributed by atoms with Crippen molar-refractivity contribution < 1.29 is 52.7 Å². The van der Waals surface area contributed by atoms with E-state index in [-0.39, 0.29) is 41.8 Å². The molecule has 0 amide bonds.